The second-order valence-electron chi connectivity index (χ2n) is 6.26. The number of aromatic hydroxyl groups is 1. The van der Waals surface area contributed by atoms with Crippen molar-refractivity contribution in [2.75, 3.05) is 14.2 Å². The molecule has 0 aliphatic rings. The minimum atomic E-state index is -0.521. The molecule has 0 aliphatic carbocycles. The van der Waals surface area contributed by atoms with Crippen molar-refractivity contribution in [2.24, 2.45) is 0 Å². The molecule has 156 valence electrons. The summed E-state index contributed by atoms with van der Waals surface area (Å²) < 4.78 is 15.4. The summed E-state index contributed by atoms with van der Waals surface area (Å²) in [6, 6.07) is 21.6. The van der Waals surface area contributed by atoms with Crippen LogP contribution >= 0.6 is 0 Å². The molecule has 3 aromatic carbocycles. The number of carbonyl (C=O) groups is 1. The zero-order valence-electron chi connectivity index (χ0n) is 17.2. The van der Waals surface area contributed by atoms with Gasteiger partial charge in [-0.2, -0.15) is 0 Å². The first kappa shape index (κ1) is 22.6. The van der Waals surface area contributed by atoms with Crippen molar-refractivity contribution in [3.63, 3.8) is 0 Å². The average Bonchev–Trinajstić information content (AvgIpc) is 2.79. The van der Waals surface area contributed by atoms with Crippen molar-refractivity contribution in [1.29, 1.82) is 0 Å². The highest BCUT2D eigenvalue weighted by Crippen LogP contribution is 2.27. The molecule has 1 N–H and O–H groups in total. The summed E-state index contributed by atoms with van der Waals surface area (Å²) in [4.78, 5) is 11.7. The van der Waals surface area contributed by atoms with E-state index >= 15 is 0 Å². The number of phenolic OH excluding ortho intramolecular Hbond substituents is 1. The Hall–Kier alpha value is -3.73. The molecule has 30 heavy (non-hydrogen) atoms. The van der Waals surface area contributed by atoms with E-state index in [1.807, 2.05) is 54.6 Å². The second-order valence-corrected chi connectivity index (χ2v) is 6.26. The summed E-state index contributed by atoms with van der Waals surface area (Å²) >= 11 is 0. The number of allylic oxidation sites excluding steroid dienone is 1. The van der Waals surface area contributed by atoms with Crippen molar-refractivity contribution in [1.82, 2.24) is 0 Å². The van der Waals surface area contributed by atoms with Gasteiger partial charge in [0.1, 0.15) is 17.9 Å². The second kappa shape index (κ2) is 12.0. The normalized spacial score (nSPS) is 9.67. The summed E-state index contributed by atoms with van der Waals surface area (Å²) in [5.74, 6) is 0.940. The van der Waals surface area contributed by atoms with Gasteiger partial charge in [0, 0.05) is 0 Å². The Morgan fingerprint density at radius 1 is 0.900 bits per heavy atom. The SMILES string of the molecule is C=CCc1ccc(OC)c(OC)c1.O=C(OCc1ccccc1)c1ccccc1O. The van der Waals surface area contributed by atoms with E-state index in [1.54, 1.807) is 26.4 Å². The number of para-hydroxylation sites is 1. The molecular weight excluding hydrogens is 380 g/mol. The molecular formula is C25H26O5. The Bertz CT molecular complexity index is 951. The fourth-order valence-corrected chi connectivity index (χ4v) is 2.62. The highest BCUT2D eigenvalue weighted by Gasteiger charge is 2.11. The maximum Gasteiger partial charge on any atom is 0.342 e. The smallest absolute Gasteiger partial charge is 0.342 e. The summed E-state index contributed by atoms with van der Waals surface area (Å²) in [5, 5.41) is 9.48. The Labute approximate surface area is 177 Å². The number of ether oxygens (including phenoxy) is 3. The monoisotopic (exact) mass is 406 g/mol. The molecule has 0 saturated carbocycles. The van der Waals surface area contributed by atoms with E-state index in [-0.39, 0.29) is 17.9 Å². The van der Waals surface area contributed by atoms with Crippen LogP contribution in [0, 0.1) is 0 Å². The predicted molar refractivity (Wildman–Crippen MR) is 117 cm³/mol. The maximum atomic E-state index is 11.7. The van der Waals surface area contributed by atoms with Crippen LogP contribution in [0.25, 0.3) is 0 Å². The standard InChI is InChI=1S/C14H12O3.C11H14O2/c15-13-9-5-4-8-12(13)14(16)17-10-11-6-2-1-3-7-11;1-4-5-9-6-7-10(12-2)11(8-9)13-3/h1-9,15H,10H2;4,6-8H,1,5H2,2-3H3. The van der Waals surface area contributed by atoms with Crippen LogP contribution in [-0.4, -0.2) is 25.3 Å². The molecule has 0 amide bonds. The number of methoxy groups -OCH3 is 2. The van der Waals surface area contributed by atoms with Crippen LogP contribution in [0.2, 0.25) is 0 Å². The number of benzene rings is 3. The largest absolute Gasteiger partial charge is 0.507 e. The average molecular weight is 406 g/mol. The van der Waals surface area contributed by atoms with Gasteiger partial charge >= 0.3 is 5.97 Å². The Morgan fingerprint density at radius 3 is 2.20 bits per heavy atom. The zero-order valence-corrected chi connectivity index (χ0v) is 17.2. The van der Waals surface area contributed by atoms with Gasteiger partial charge in [0.2, 0.25) is 0 Å². The quantitative estimate of drug-likeness (QED) is 0.433. The van der Waals surface area contributed by atoms with Crippen molar-refractivity contribution in [2.45, 2.75) is 13.0 Å². The van der Waals surface area contributed by atoms with Crippen LogP contribution in [0.1, 0.15) is 21.5 Å². The molecule has 0 fully saturated rings. The third-order valence-electron chi connectivity index (χ3n) is 4.16. The Kier molecular flexibility index (Phi) is 9.00. The van der Waals surface area contributed by atoms with Gasteiger partial charge in [0.05, 0.1) is 14.2 Å². The molecule has 0 bridgehead atoms. The molecule has 0 heterocycles. The van der Waals surface area contributed by atoms with E-state index in [0.717, 1.165) is 23.5 Å². The van der Waals surface area contributed by atoms with Crippen LogP contribution in [0.15, 0.2) is 85.5 Å². The number of phenols is 1. The number of hydrogen-bond donors (Lipinski definition) is 1. The highest BCUT2D eigenvalue weighted by atomic mass is 16.5. The molecule has 0 radical (unpaired) electrons. The van der Waals surface area contributed by atoms with Crippen LogP contribution < -0.4 is 9.47 Å². The molecule has 0 aliphatic heterocycles. The summed E-state index contributed by atoms with van der Waals surface area (Å²) in [5.41, 5.74) is 2.27. The first-order valence-electron chi connectivity index (χ1n) is 9.39. The van der Waals surface area contributed by atoms with E-state index < -0.39 is 5.97 Å². The van der Waals surface area contributed by atoms with E-state index in [2.05, 4.69) is 6.58 Å². The van der Waals surface area contributed by atoms with Gasteiger partial charge in [-0.3, -0.25) is 0 Å². The van der Waals surface area contributed by atoms with Crippen LogP contribution in [0.3, 0.4) is 0 Å². The third kappa shape index (κ3) is 6.71. The van der Waals surface area contributed by atoms with E-state index in [1.165, 1.54) is 17.7 Å². The molecule has 0 aromatic heterocycles. The van der Waals surface area contributed by atoms with Gasteiger partial charge in [-0.15, -0.1) is 6.58 Å². The molecule has 3 aromatic rings. The van der Waals surface area contributed by atoms with Gasteiger partial charge in [0.25, 0.3) is 0 Å². The summed E-state index contributed by atoms with van der Waals surface area (Å²) in [6.07, 6.45) is 2.71. The number of hydrogen-bond acceptors (Lipinski definition) is 5. The predicted octanol–water partition coefficient (Wildman–Crippen LogP) is 5.18. The number of rotatable bonds is 7. The first-order valence-corrected chi connectivity index (χ1v) is 9.39. The first-order chi connectivity index (χ1) is 14.6. The minimum Gasteiger partial charge on any atom is -0.507 e. The number of esters is 1. The topological polar surface area (TPSA) is 65.0 Å². The van der Waals surface area contributed by atoms with E-state index in [0.29, 0.717) is 0 Å². The fourth-order valence-electron chi connectivity index (χ4n) is 2.62. The molecule has 3 rings (SSSR count). The van der Waals surface area contributed by atoms with Gasteiger partial charge in [-0.05, 0) is 41.8 Å². The van der Waals surface area contributed by atoms with E-state index in [4.69, 9.17) is 14.2 Å². The molecule has 0 spiro atoms. The minimum absolute atomic E-state index is 0.0643. The molecule has 0 saturated heterocycles. The van der Waals surface area contributed by atoms with E-state index in [9.17, 15) is 9.90 Å². The third-order valence-corrected chi connectivity index (χ3v) is 4.16. The summed E-state index contributed by atoms with van der Waals surface area (Å²) in [7, 11) is 3.26. The zero-order chi connectivity index (χ0) is 21.8. The maximum absolute atomic E-state index is 11.7. The van der Waals surface area contributed by atoms with Crippen LogP contribution in [0.4, 0.5) is 0 Å². The lowest BCUT2D eigenvalue weighted by atomic mass is 10.1. The number of carbonyl (C=O) groups excluding carboxylic acids is 1. The van der Waals surface area contributed by atoms with Crippen molar-refractivity contribution >= 4 is 5.97 Å². The lowest BCUT2D eigenvalue weighted by Gasteiger charge is -2.08. The summed E-state index contributed by atoms with van der Waals surface area (Å²) in [6.45, 7) is 3.88. The van der Waals surface area contributed by atoms with Crippen molar-refractivity contribution in [3.05, 3.63) is 102 Å². The van der Waals surface area contributed by atoms with Crippen molar-refractivity contribution in [3.8, 4) is 17.2 Å². The van der Waals surface area contributed by atoms with Crippen LogP contribution in [0.5, 0.6) is 17.2 Å². The molecule has 0 unspecified atom stereocenters. The van der Waals surface area contributed by atoms with Gasteiger partial charge in [-0.1, -0.05) is 54.6 Å². The lowest BCUT2D eigenvalue weighted by Crippen LogP contribution is -2.05. The van der Waals surface area contributed by atoms with Gasteiger partial charge in [0.15, 0.2) is 11.5 Å². The Morgan fingerprint density at radius 2 is 1.57 bits per heavy atom. The lowest BCUT2D eigenvalue weighted by molar-refractivity contribution is 0.0469. The van der Waals surface area contributed by atoms with Gasteiger partial charge < -0.3 is 19.3 Å². The fraction of sp³-hybridized carbons (Fsp3) is 0.160. The highest BCUT2D eigenvalue weighted by molar-refractivity contribution is 5.92. The van der Waals surface area contributed by atoms with Crippen LogP contribution in [-0.2, 0) is 17.8 Å². The van der Waals surface area contributed by atoms with Crippen molar-refractivity contribution < 1.29 is 24.1 Å². The molecule has 5 heteroatoms. The molecule has 0 atom stereocenters. The molecule has 5 nitrogen and oxygen atoms in total. The van der Waals surface area contributed by atoms with Gasteiger partial charge in [-0.25, -0.2) is 4.79 Å². The Balaban J connectivity index is 0.000000222.